The van der Waals surface area contributed by atoms with Crippen molar-refractivity contribution < 1.29 is 9.53 Å². The molecule has 152 valence electrons. The van der Waals surface area contributed by atoms with Crippen LogP contribution in [0, 0.1) is 32.1 Å². The molecule has 6 nitrogen and oxygen atoms in total. The highest BCUT2D eigenvalue weighted by molar-refractivity contribution is 6.10. The first-order valence-corrected chi connectivity index (χ1v) is 9.58. The molecule has 0 aliphatic rings. The molecule has 30 heavy (non-hydrogen) atoms. The van der Waals surface area contributed by atoms with Gasteiger partial charge in [0.05, 0.1) is 25.0 Å². The third-order valence-corrected chi connectivity index (χ3v) is 4.90. The molecule has 1 heterocycles. The van der Waals surface area contributed by atoms with Gasteiger partial charge in [-0.05, 0) is 44.5 Å². The van der Waals surface area contributed by atoms with Gasteiger partial charge < -0.3 is 10.1 Å². The van der Waals surface area contributed by atoms with Crippen LogP contribution in [0.5, 0.6) is 5.75 Å². The largest absolute Gasteiger partial charge is 0.495 e. The van der Waals surface area contributed by atoms with Crippen LogP contribution in [0.3, 0.4) is 0 Å². The van der Waals surface area contributed by atoms with Crippen molar-refractivity contribution in [3.63, 3.8) is 0 Å². The monoisotopic (exact) mass is 400 g/mol. The van der Waals surface area contributed by atoms with E-state index in [1.54, 1.807) is 24.3 Å². The van der Waals surface area contributed by atoms with Gasteiger partial charge in [0.15, 0.2) is 0 Å². The van der Waals surface area contributed by atoms with E-state index in [-0.39, 0.29) is 5.57 Å². The smallest absolute Gasteiger partial charge is 0.266 e. The minimum absolute atomic E-state index is 0.00184. The number of rotatable bonds is 6. The minimum atomic E-state index is -0.493. The zero-order valence-corrected chi connectivity index (χ0v) is 17.6. The Balaban J connectivity index is 1.86. The Bertz CT molecular complexity index is 1140. The van der Waals surface area contributed by atoms with Crippen molar-refractivity contribution in [2.24, 2.45) is 0 Å². The summed E-state index contributed by atoms with van der Waals surface area (Å²) in [6.45, 7) is 6.48. The number of aromatic nitrogens is 2. The molecule has 2 aromatic carbocycles. The second-order valence-electron chi connectivity index (χ2n) is 7.05. The first-order valence-electron chi connectivity index (χ1n) is 9.58. The Hall–Kier alpha value is -3.85. The lowest BCUT2D eigenvalue weighted by atomic mass is 10.1. The van der Waals surface area contributed by atoms with Crippen LogP contribution in [0.4, 0.5) is 5.69 Å². The second kappa shape index (κ2) is 9.10. The average molecular weight is 400 g/mol. The lowest BCUT2D eigenvalue weighted by Gasteiger charge is -2.09. The van der Waals surface area contributed by atoms with Crippen molar-refractivity contribution in [1.29, 1.82) is 5.26 Å². The van der Waals surface area contributed by atoms with Crippen LogP contribution >= 0.6 is 0 Å². The predicted molar refractivity (Wildman–Crippen MR) is 117 cm³/mol. The van der Waals surface area contributed by atoms with Crippen LogP contribution in [0.25, 0.3) is 6.08 Å². The molecule has 3 aromatic rings. The van der Waals surface area contributed by atoms with E-state index in [1.165, 1.54) is 12.7 Å². The number of anilines is 1. The molecule has 1 aromatic heterocycles. The number of nitrogens with zero attached hydrogens (tertiary/aromatic N) is 3. The van der Waals surface area contributed by atoms with Crippen molar-refractivity contribution in [2.45, 2.75) is 27.3 Å². The third kappa shape index (κ3) is 4.58. The van der Waals surface area contributed by atoms with Crippen LogP contribution in [-0.4, -0.2) is 22.8 Å². The first kappa shape index (κ1) is 20.9. The number of hydrogen-bond acceptors (Lipinski definition) is 4. The van der Waals surface area contributed by atoms with E-state index in [2.05, 4.69) is 41.6 Å². The summed E-state index contributed by atoms with van der Waals surface area (Å²) in [5.74, 6) is 0.0357. The van der Waals surface area contributed by atoms with Crippen LogP contribution in [0.15, 0.2) is 54.1 Å². The molecule has 0 saturated carbocycles. The highest BCUT2D eigenvalue weighted by Gasteiger charge is 2.16. The Kier molecular flexibility index (Phi) is 6.33. The topological polar surface area (TPSA) is 79.9 Å². The van der Waals surface area contributed by atoms with Gasteiger partial charge in [0, 0.05) is 11.3 Å². The molecule has 0 spiro atoms. The van der Waals surface area contributed by atoms with Gasteiger partial charge in [0.25, 0.3) is 5.91 Å². The Labute approximate surface area is 176 Å². The van der Waals surface area contributed by atoms with Gasteiger partial charge in [-0.25, -0.2) is 0 Å². The summed E-state index contributed by atoms with van der Waals surface area (Å²) in [5.41, 5.74) is 5.28. The Morgan fingerprint density at radius 2 is 1.87 bits per heavy atom. The van der Waals surface area contributed by atoms with Gasteiger partial charge in [0.2, 0.25) is 0 Å². The van der Waals surface area contributed by atoms with Gasteiger partial charge >= 0.3 is 0 Å². The number of para-hydroxylation sites is 2. The van der Waals surface area contributed by atoms with Crippen LogP contribution in [-0.2, 0) is 11.3 Å². The summed E-state index contributed by atoms with van der Waals surface area (Å²) in [7, 11) is 1.53. The number of aryl methyl sites for hydroxylation is 2. The van der Waals surface area contributed by atoms with E-state index in [9.17, 15) is 10.1 Å². The quantitative estimate of drug-likeness (QED) is 0.491. The molecular weight excluding hydrogens is 376 g/mol. The second-order valence-corrected chi connectivity index (χ2v) is 7.05. The molecule has 6 heteroatoms. The molecule has 0 saturated heterocycles. The molecule has 0 fully saturated rings. The summed E-state index contributed by atoms with van der Waals surface area (Å²) in [4.78, 5) is 12.7. The summed E-state index contributed by atoms with van der Waals surface area (Å²) < 4.78 is 7.14. The van der Waals surface area contributed by atoms with Crippen molar-refractivity contribution in [2.75, 3.05) is 12.4 Å². The lowest BCUT2D eigenvalue weighted by molar-refractivity contribution is -0.112. The summed E-state index contributed by atoms with van der Waals surface area (Å²) in [6.07, 6.45) is 1.59. The standard InChI is InChI=1S/C24H24N4O2/c1-16-9-11-19(12-10-16)15-28-18(3)21(17(2)27-28)13-20(14-25)24(29)26-22-7-5-6-8-23(22)30-4/h5-13H,15H2,1-4H3,(H,26,29)/b20-13+. The van der Waals surface area contributed by atoms with Crippen molar-refractivity contribution in [1.82, 2.24) is 9.78 Å². The van der Waals surface area contributed by atoms with Crippen molar-refractivity contribution >= 4 is 17.7 Å². The average Bonchev–Trinajstić information content (AvgIpc) is 3.00. The molecule has 0 aliphatic heterocycles. The SMILES string of the molecule is COc1ccccc1NC(=O)/C(C#N)=C/c1c(C)nn(Cc2ccc(C)cc2)c1C. The maximum absolute atomic E-state index is 12.7. The van der Waals surface area contributed by atoms with Crippen molar-refractivity contribution in [3.8, 4) is 11.8 Å². The van der Waals surface area contributed by atoms with E-state index in [0.717, 1.165) is 22.5 Å². The Morgan fingerprint density at radius 1 is 1.17 bits per heavy atom. The zero-order valence-electron chi connectivity index (χ0n) is 17.6. The fourth-order valence-corrected chi connectivity index (χ4v) is 3.17. The number of carbonyl (C=O) groups excluding carboxylic acids is 1. The van der Waals surface area contributed by atoms with E-state index >= 15 is 0 Å². The highest BCUT2D eigenvalue weighted by Crippen LogP contribution is 2.24. The number of nitriles is 1. The van der Waals surface area contributed by atoms with Crippen LogP contribution in [0.2, 0.25) is 0 Å². The number of carbonyl (C=O) groups is 1. The maximum atomic E-state index is 12.7. The molecule has 0 unspecified atom stereocenters. The number of amides is 1. The summed E-state index contributed by atoms with van der Waals surface area (Å²) >= 11 is 0. The molecule has 3 rings (SSSR count). The normalized spacial score (nSPS) is 11.1. The van der Waals surface area contributed by atoms with E-state index in [1.807, 2.05) is 30.7 Å². The third-order valence-electron chi connectivity index (χ3n) is 4.90. The minimum Gasteiger partial charge on any atom is -0.495 e. The number of nitrogens with one attached hydrogen (secondary N) is 1. The highest BCUT2D eigenvalue weighted by atomic mass is 16.5. The lowest BCUT2D eigenvalue weighted by Crippen LogP contribution is -2.14. The Morgan fingerprint density at radius 3 is 2.53 bits per heavy atom. The van der Waals surface area contributed by atoms with Gasteiger partial charge in [-0.2, -0.15) is 10.4 Å². The van der Waals surface area contributed by atoms with Gasteiger partial charge in [-0.3, -0.25) is 9.48 Å². The van der Waals surface area contributed by atoms with Crippen LogP contribution < -0.4 is 10.1 Å². The number of hydrogen-bond donors (Lipinski definition) is 1. The molecular formula is C24H24N4O2. The maximum Gasteiger partial charge on any atom is 0.266 e. The van der Waals surface area contributed by atoms with E-state index in [4.69, 9.17) is 4.74 Å². The fourth-order valence-electron chi connectivity index (χ4n) is 3.17. The molecule has 1 N–H and O–H groups in total. The summed E-state index contributed by atoms with van der Waals surface area (Å²) in [5, 5.41) is 16.9. The van der Waals surface area contributed by atoms with Crippen molar-refractivity contribution in [3.05, 3.63) is 82.2 Å². The number of benzene rings is 2. The van der Waals surface area contributed by atoms with Crippen LogP contribution in [0.1, 0.15) is 28.1 Å². The van der Waals surface area contributed by atoms with Gasteiger partial charge in [0.1, 0.15) is 17.4 Å². The first-order chi connectivity index (χ1) is 14.4. The molecule has 1 amide bonds. The van der Waals surface area contributed by atoms with E-state index < -0.39 is 5.91 Å². The number of ether oxygens (including phenoxy) is 1. The summed E-state index contributed by atoms with van der Waals surface area (Å²) in [6, 6.07) is 17.3. The fraction of sp³-hybridized carbons (Fsp3) is 0.208. The molecule has 0 radical (unpaired) electrons. The molecule has 0 bridgehead atoms. The molecule has 0 atom stereocenters. The molecule has 0 aliphatic carbocycles. The van der Waals surface area contributed by atoms with Gasteiger partial charge in [-0.15, -0.1) is 0 Å². The number of methoxy groups -OCH3 is 1. The van der Waals surface area contributed by atoms with Gasteiger partial charge in [-0.1, -0.05) is 42.0 Å². The van der Waals surface area contributed by atoms with E-state index in [0.29, 0.717) is 18.0 Å². The predicted octanol–water partition coefficient (Wildman–Crippen LogP) is 4.41. The zero-order chi connectivity index (χ0) is 21.7.